The lowest BCUT2D eigenvalue weighted by molar-refractivity contribution is -0.125. The summed E-state index contributed by atoms with van der Waals surface area (Å²) in [6, 6.07) is 4.68. The Morgan fingerprint density at radius 3 is 2.82 bits per heavy atom. The van der Waals surface area contributed by atoms with Gasteiger partial charge in [0.1, 0.15) is 0 Å². The lowest BCUT2D eigenvalue weighted by Gasteiger charge is -2.17. The molecule has 1 aliphatic rings. The van der Waals surface area contributed by atoms with E-state index in [2.05, 4.69) is 4.98 Å². The molecule has 0 radical (unpaired) electrons. The highest BCUT2D eigenvalue weighted by molar-refractivity contribution is 7.99. The van der Waals surface area contributed by atoms with Crippen LogP contribution in [0.4, 0.5) is 0 Å². The highest BCUT2D eigenvalue weighted by Gasteiger charge is 2.21. The number of rotatable bonds is 6. The van der Waals surface area contributed by atoms with Gasteiger partial charge in [-0.05, 0) is 31.0 Å². The third-order valence-electron chi connectivity index (χ3n) is 4.58. The van der Waals surface area contributed by atoms with Crippen molar-refractivity contribution in [3.05, 3.63) is 34.1 Å². The number of esters is 1. The molecule has 0 spiro atoms. The van der Waals surface area contributed by atoms with E-state index in [0.29, 0.717) is 34.8 Å². The van der Waals surface area contributed by atoms with Gasteiger partial charge in [0.15, 0.2) is 5.16 Å². The van der Waals surface area contributed by atoms with E-state index in [4.69, 9.17) is 9.47 Å². The highest BCUT2D eigenvalue weighted by Crippen LogP contribution is 2.22. The Kier molecular flexibility index (Phi) is 6.35. The summed E-state index contributed by atoms with van der Waals surface area (Å²) in [5.74, 6) is -0.414. The summed E-state index contributed by atoms with van der Waals surface area (Å²) in [6.07, 6.45) is 1.80. The fraction of sp³-hybridized carbons (Fsp3) is 0.474. The molecule has 1 amide bonds. The van der Waals surface area contributed by atoms with Crippen LogP contribution in [-0.4, -0.2) is 66.0 Å². The monoisotopic (exact) mass is 405 g/mol. The van der Waals surface area contributed by atoms with Crippen molar-refractivity contribution in [2.75, 3.05) is 33.6 Å². The van der Waals surface area contributed by atoms with Crippen LogP contribution in [0.15, 0.2) is 28.2 Å². The lowest BCUT2D eigenvalue weighted by Crippen LogP contribution is -2.30. The van der Waals surface area contributed by atoms with Crippen molar-refractivity contribution in [1.29, 1.82) is 0 Å². The molecule has 1 atom stereocenters. The zero-order valence-corrected chi connectivity index (χ0v) is 17.0. The van der Waals surface area contributed by atoms with Gasteiger partial charge in [0.05, 0.1) is 42.0 Å². The molecule has 1 fully saturated rings. The predicted molar refractivity (Wildman–Crippen MR) is 106 cm³/mol. The quantitative estimate of drug-likeness (QED) is 0.409. The lowest BCUT2D eigenvalue weighted by atomic mass is 10.1. The maximum absolute atomic E-state index is 13.1. The first-order chi connectivity index (χ1) is 13.4. The summed E-state index contributed by atoms with van der Waals surface area (Å²) >= 11 is 1.20. The second kappa shape index (κ2) is 8.74. The summed E-state index contributed by atoms with van der Waals surface area (Å²) in [6.45, 7) is 1.07. The van der Waals surface area contributed by atoms with Crippen LogP contribution >= 0.6 is 11.8 Å². The molecule has 8 nitrogen and oxygen atoms in total. The van der Waals surface area contributed by atoms with Gasteiger partial charge in [-0.1, -0.05) is 11.8 Å². The van der Waals surface area contributed by atoms with Crippen molar-refractivity contribution >= 4 is 34.5 Å². The van der Waals surface area contributed by atoms with E-state index in [9.17, 15) is 14.4 Å². The van der Waals surface area contributed by atoms with Crippen LogP contribution in [0.2, 0.25) is 0 Å². The summed E-state index contributed by atoms with van der Waals surface area (Å²) in [5.41, 5.74) is 0.507. The van der Waals surface area contributed by atoms with Crippen LogP contribution in [-0.2, 0) is 20.8 Å². The molecule has 0 bridgehead atoms. The summed E-state index contributed by atoms with van der Waals surface area (Å²) < 4.78 is 12.0. The van der Waals surface area contributed by atoms with E-state index in [1.807, 2.05) is 0 Å². The average molecular weight is 405 g/mol. The van der Waals surface area contributed by atoms with Crippen molar-refractivity contribution in [3.8, 4) is 0 Å². The molecule has 0 aliphatic carbocycles. The van der Waals surface area contributed by atoms with Crippen LogP contribution in [0.3, 0.4) is 0 Å². The minimum Gasteiger partial charge on any atom is -0.465 e. The van der Waals surface area contributed by atoms with Crippen LogP contribution in [0, 0.1) is 0 Å². The minimum absolute atomic E-state index is 0.0461. The van der Waals surface area contributed by atoms with Gasteiger partial charge in [0.25, 0.3) is 5.56 Å². The van der Waals surface area contributed by atoms with Crippen molar-refractivity contribution in [2.45, 2.75) is 30.6 Å². The number of hydrogen-bond acceptors (Lipinski definition) is 7. The number of nitrogens with zero attached hydrogens (tertiary/aromatic N) is 3. The largest absolute Gasteiger partial charge is 0.465 e. The van der Waals surface area contributed by atoms with Crippen LogP contribution in [0.5, 0.6) is 0 Å². The van der Waals surface area contributed by atoms with E-state index in [1.165, 1.54) is 29.8 Å². The van der Waals surface area contributed by atoms with Crippen molar-refractivity contribution < 1.29 is 19.1 Å². The molecule has 2 heterocycles. The van der Waals surface area contributed by atoms with E-state index >= 15 is 0 Å². The maximum Gasteiger partial charge on any atom is 0.337 e. The summed E-state index contributed by atoms with van der Waals surface area (Å²) in [4.78, 5) is 43.0. The first kappa shape index (κ1) is 20.3. The number of thioether (sulfide) groups is 1. The SMILES string of the molecule is COC(=O)c1ccc2c(=O)n(C[C@H]3CCCO3)c(SCC(=O)N(C)C)nc2c1. The average Bonchev–Trinajstić information content (AvgIpc) is 3.20. The van der Waals surface area contributed by atoms with Crippen LogP contribution in [0.1, 0.15) is 23.2 Å². The number of carbonyl (C=O) groups is 2. The second-order valence-corrected chi connectivity index (χ2v) is 7.69. The number of fused-ring (bicyclic) bond motifs is 1. The summed E-state index contributed by atoms with van der Waals surface area (Å²) in [5, 5.41) is 0.846. The van der Waals surface area contributed by atoms with E-state index in [1.54, 1.807) is 30.8 Å². The molecule has 0 unspecified atom stereocenters. The number of amides is 1. The molecule has 1 saturated heterocycles. The fourth-order valence-electron chi connectivity index (χ4n) is 2.96. The van der Waals surface area contributed by atoms with Gasteiger partial charge in [-0.2, -0.15) is 0 Å². The zero-order chi connectivity index (χ0) is 20.3. The minimum atomic E-state index is -0.496. The Labute approximate surface area is 166 Å². The normalized spacial score (nSPS) is 16.3. The number of benzene rings is 1. The second-order valence-electron chi connectivity index (χ2n) is 6.75. The first-order valence-electron chi connectivity index (χ1n) is 8.98. The van der Waals surface area contributed by atoms with Gasteiger partial charge in [-0.3, -0.25) is 14.2 Å². The van der Waals surface area contributed by atoms with Gasteiger partial charge in [0, 0.05) is 20.7 Å². The predicted octanol–water partition coefficient (Wildman–Crippen LogP) is 1.54. The van der Waals surface area contributed by atoms with E-state index < -0.39 is 5.97 Å². The third-order valence-corrected chi connectivity index (χ3v) is 5.54. The van der Waals surface area contributed by atoms with Gasteiger partial charge < -0.3 is 14.4 Å². The number of ether oxygens (including phenoxy) is 2. The van der Waals surface area contributed by atoms with Crippen molar-refractivity contribution in [1.82, 2.24) is 14.5 Å². The van der Waals surface area contributed by atoms with E-state index in [-0.39, 0.29) is 23.3 Å². The van der Waals surface area contributed by atoms with Crippen molar-refractivity contribution in [3.63, 3.8) is 0 Å². The number of methoxy groups -OCH3 is 1. The van der Waals surface area contributed by atoms with Gasteiger partial charge in [0.2, 0.25) is 5.91 Å². The molecule has 0 N–H and O–H groups in total. The topological polar surface area (TPSA) is 90.7 Å². The fourth-order valence-corrected chi connectivity index (χ4v) is 3.95. The molecule has 2 aromatic rings. The molecule has 1 aromatic heterocycles. The standard InChI is InChI=1S/C19H23N3O5S/c1-21(2)16(23)11-28-19-20-15-9-12(18(25)26-3)6-7-14(15)17(24)22(19)10-13-5-4-8-27-13/h6-7,9,13H,4-5,8,10-11H2,1-3H3/t13-/m1/s1. The van der Waals surface area contributed by atoms with Gasteiger partial charge in [-0.15, -0.1) is 0 Å². The van der Waals surface area contributed by atoms with Gasteiger partial charge >= 0.3 is 5.97 Å². The summed E-state index contributed by atoms with van der Waals surface area (Å²) in [7, 11) is 4.66. The van der Waals surface area contributed by atoms with E-state index in [0.717, 1.165) is 12.8 Å². The Balaban J connectivity index is 2.04. The number of aromatic nitrogens is 2. The number of hydrogen-bond donors (Lipinski definition) is 0. The molecule has 28 heavy (non-hydrogen) atoms. The van der Waals surface area contributed by atoms with Crippen molar-refractivity contribution in [2.24, 2.45) is 0 Å². The molecule has 0 saturated carbocycles. The Hall–Kier alpha value is -2.39. The number of carbonyl (C=O) groups excluding carboxylic acids is 2. The van der Waals surface area contributed by atoms with Crippen LogP contribution in [0.25, 0.3) is 10.9 Å². The molecule has 1 aromatic carbocycles. The highest BCUT2D eigenvalue weighted by atomic mass is 32.2. The Morgan fingerprint density at radius 2 is 2.18 bits per heavy atom. The Morgan fingerprint density at radius 1 is 1.39 bits per heavy atom. The third kappa shape index (κ3) is 4.36. The first-order valence-corrected chi connectivity index (χ1v) is 9.96. The van der Waals surface area contributed by atoms with Crippen LogP contribution < -0.4 is 5.56 Å². The Bertz CT molecular complexity index is 950. The molecule has 9 heteroatoms. The molecular formula is C19H23N3O5S. The molecule has 1 aliphatic heterocycles. The molecule has 150 valence electrons. The van der Waals surface area contributed by atoms with Gasteiger partial charge in [-0.25, -0.2) is 9.78 Å². The molecular weight excluding hydrogens is 382 g/mol. The smallest absolute Gasteiger partial charge is 0.337 e. The molecule has 3 rings (SSSR count). The zero-order valence-electron chi connectivity index (χ0n) is 16.1. The maximum atomic E-state index is 13.1.